The molecule has 1 aromatic heterocycles. The molecule has 2 nitrogen and oxygen atoms in total. The standard InChI is InChI=1S/C11H9BrFNOS/c12-11-4-2-8(16-11)6-15-10-5-7(13)1-3-9(10)14/h1-5H,6,14H2. The van der Waals surface area contributed by atoms with Crippen molar-refractivity contribution in [1.82, 2.24) is 0 Å². The smallest absolute Gasteiger partial charge is 0.145 e. The van der Waals surface area contributed by atoms with Crippen LogP contribution >= 0.6 is 27.3 Å². The summed E-state index contributed by atoms with van der Waals surface area (Å²) in [6.45, 7) is 0.393. The lowest BCUT2D eigenvalue weighted by Gasteiger charge is -2.07. The highest BCUT2D eigenvalue weighted by atomic mass is 79.9. The fourth-order valence-corrected chi connectivity index (χ4v) is 2.61. The zero-order valence-corrected chi connectivity index (χ0v) is 10.6. The Morgan fingerprint density at radius 2 is 2.12 bits per heavy atom. The maximum atomic E-state index is 12.9. The van der Waals surface area contributed by atoms with Crippen molar-refractivity contribution in [3.8, 4) is 5.75 Å². The summed E-state index contributed by atoms with van der Waals surface area (Å²) >= 11 is 4.94. The van der Waals surface area contributed by atoms with Crippen molar-refractivity contribution in [3.63, 3.8) is 0 Å². The van der Waals surface area contributed by atoms with E-state index in [0.717, 1.165) is 8.66 Å². The van der Waals surface area contributed by atoms with E-state index in [9.17, 15) is 4.39 Å². The van der Waals surface area contributed by atoms with Crippen LogP contribution < -0.4 is 10.5 Å². The number of thiophene rings is 1. The number of hydrogen-bond acceptors (Lipinski definition) is 3. The SMILES string of the molecule is Nc1ccc(F)cc1OCc1ccc(Br)s1. The molecule has 0 radical (unpaired) electrons. The second-order valence-electron chi connectivity index (χ2n) is 3.18. The topological polar surface area (TPSA) is 35.2 Å². The predicted octanol–water partition coefficient (Wildman–Crippen LogP) is 3.81. The third-order valence-corrected chi connectivity index (χ3v) is 3.57. The largest absolute Gasteiger partial charge is 0.486 e. The molecule has 1 heterocycles. The maximum absolute atomic E-state index is 12.9. The van der Waals surface area contributed by atoms with Gasteiger partial charge in [-0.3, -0.25) is 0 Å². The number of hydrogen-bond donors (Lipinski definition) is 1. The molecule has 0 amide bonds. The van der Waals surface area contributed by atoms with Gasteiger partial charge in [0.1, 0.15) is 18.2 Å². The van der Waals surface area contributed by atoms with Gasteiger partial charge in [-0.05, 0) is 40.2 Å². The third-order valence-electron chi connectivity index (χ3n) is 1.97. The molecule has 0 saturated heterocycles. The molecule has 0 unspecified atom stereocenters. The molecule has 0 spiro atoms. The summed E-state index contributed by atoms with van der Waals surface area (Å²) in [5.41, 5.74) is 6.10. The Morgan fingerprint density at radius 1 is 1.31 bits per heavy atom. The van der Waals surface area contributed by atoms with Gasteiger partial charge in [-0.1, -0.05) is 0 Å². The molecule has 1 aromatic carbocycles. The average Bonchev–Trinajstić information content (AvgIpc) is 2.66. The van der Waals surface area contributed by atoms with Crippen molar-refractivity contribution in [2.45, 2.75) is 6.61 Å². The van der Waals surface area contributed by atoms with Gasteiger partial charge in [0.25, 0.3) is 0 Å². The Kier molecular flexibility index (Phi) is 3.46. The summed E-state index contributed by atoms with van der Waals surface area (Å²) in [5, 5.41) is 0. The molecule has 0 atom stereocenters. The van der Waals surface area contributed by atoms with Gasteiger partial charge in [-0.2, -0.15) is 0 Å². The van der Waals surface area contributed by atoms with E-state index in [0.29, 0.717) is 18.0 Å². The first kappa shape index (κ1) is 11.4. The van der Waals surface area contributed by atoms with Crippen LogP contribution in [0.15, 0.2) is 34.1 Å². The molecule has 2 aromatic rings. The van der Waals surface area contributed by atoms with E-state index in [1.54, 1.807) is 11.3 Å². The summed E-state index contributed by atoms with van der Waals surface area (Å²) in [5.74, 6) is 0.0288. The zero-order valence-electron chi connectivity index (χ0n) is 8.24. The van der Waals surface area contributed by atoms with Crippen molar-refractivity contribution < 1.29 is 9.13 Å². The van der Waals surface area contributed by atoms with Crippen molar-refractivity contribution in [1.29, 1.82) is 0 Å². The van der Waals surface area contributed by atoms with Gasteiger partial charge in [0, 0.05) is 10.9 Å². The lowest BCUT2D eigenvalue weighted by atomic mass is 10.3. The molecule has 0 aliphatic carbocycles. The Bertz CT molecular complexity index is 500. The van der Waals surface area contributed by atoms with Gasteiger partial charge >= 0.3 is 0 Å². The molecule has 0 aliphatic rings. The molecule has 0 fully saturated rings. The molecule has 84 valence electrons. The average molecular weight is 302 g/mol. The van der Waals surface area contributed by atoms with Gasteiger partial charge in [0.15, 0.2) is 0 Å². The lowest BCUT2D eigenvalue weighted by Crippen LogP contribution is -1.97. The first-order chi connectivity index (χ1) is 7.65. The Morgan fingerprint density at radius 3 is 2.81 bits per heavy atom. The van der Waals surface area contributed by atoms with Crippen molar-refractivity contribution in [3.05, 3.63) is 44.8 Å². The Hall–Kier alpha value is -1.07. The number of benzene rings is 1. The van der Waals surface area contributed by atoms with Gasteiger partial charge in [-0.15, -0.1) is 11.3 Å². The van der Waals surface area contributed by atoms with E-state index in [4.69, 9.17) is 10.5 Å². The lowest BCUT2D eigenvalue weighted by molar-refractivity contribution is 0.310. The highest BCUT2D eigenvalue weighted by Gasteiger charge is 2.04. The second-order valence-corrected chi connectivity index (χ2v) is 5.72. The van der Waals surface area contributed by atoms with Crippen LogP contribution in [-0.4, -0.2) is 0 Å². The van der Waals surface area contributed by atoms with Gasteiger partial charge in [0.05, 0.1) is 9.47 Å². The highest BCUT2D eigenvalue weighted by Crippen LogP contribution is 2.26. The van der Waals surface area contributed by atoms with Crippen LogP contribution in [-0.2, 0) is 6.61 Å². The number of rotatable bonds is 3. The van der Waals surface area contributed by atoms with Gasteiger partial charge in [-0.25, -0.2) is 4.39 Å². The molecule has 2 rings (SSSR count). The fraction of sp³-hybridized carbons (Fsp3) is 0.0909. The van der Waals surface area contributed by atoms with E-state index in [1.807, 2.05) is 12.1 Å². The summed E-state index contributed by atoms with van der Waals surface area (Å²) < 4.78 is 19.4. The Balaban J connectivity index is 2.07. The number of anilines is 1. The van der Waals surface area contributed by atoms with E-state index in [2.05, 4.69) is 15.9 Å². The minimum atomic E-state index is -0.350. The molecular formula is C11H9BrFNOS. The van der Waals surface area contributed by atoms with Crippen molar-refractivity contribution in [2.75, 3.05) is 5.73 Å². The Labute approximate surface area is 105 Å². The van der Waals surface area contributed by atoms with Crippen LogP contribution in [0, 0.1) is 5.82 Å². The molecule has 2 N–H and O–H groups in total. The third kappa shape index (κ3) is 2.74. The number of nitrogen functional groups attached to an aromatic ring is 1. The van der Waals surface area contributed by atoms with Crippen LogP contribution in [0.5, 0.6) is 5.75 Å². The molecular weight excluding hydrogens is 293 g/mol. The fourth-order valence-electron chi connectivity index (χ4n) is 1.21. The quantitative estimate of drug-likeness (QED) is 0.875. The van der Waals surface area contributed by atoms with Gasteiger partial charge < -0.3 is 10.5 Å². The van der Waals surface area contributed by atoms with Crippen LogP contribution in [0.2, 0.25) is 0 Å². The molecule has 0 saturated carbocycles. The maximum Gasteiger partial charge on any atom is 0.145 e. The molecule has 5 heteroatoms. The normalized spacial score (nSPS) is 10.4. The summed E-state index contributed by atoms with van der Waals surface area (Å²) in [6, 6.07) is 7.99. The summed E-state index contributed by atoms with van der Waals surface area (Å²) in [7, 11) is 0. The molecule has 16 heavy (non-hydrogen) atoms. The van der Waals surface area contributed by atoms with Crippen molar-refractivity contribution >= 4 is 33.0 Å². The van der Waals surface area contributed by atoms with Crippen LogP contribution in [0.3, 0.4) is 0 Å². The van der Waals surface area contributed by atoms with Crippen molar-refractivity contribution in [2.24, 2.45) is 0 Å². The highest BCUT2D eigenvalue weighted by molar-refractivity contribution is 9.11. The van der Waals surface area contributed by atoms with Crippen LogP contribution in [0.25, 0.3) is 0 Å². The summed E-state index contributed by atoms with van der Waals surface area (Å²) in [6.07, 6.45) is 0. The van der Waals surface area contributed by atoms with Crippen LogP contribution in [0.1, 0.15) is 4.88 Å². The van der Waals surface area contributed by atoms with Gasteiger partial charge in [0.2, 0.25) is 0 Å². The minimum Gasteiger partial charge on any atom is -0.486 e. The van der Waals surface area contributed by atoms with E-state index >= 15 is 0 Å². The summed E-state index contributed by atoms with van der Waals surface area (Å²) in [4.78, 5) is 1.05. The van der Waals surface area contributed by atoms with E-state index < -0.39 is 0 Å². The number of ether oxygens (including phenoxy) is 1. The second kappa shape index (κ2) is 4.84. The zero-order chi connectivity index (χ0) is 11.5. The molecule has 0 aliphatic heterocycles. The van der Waals surface area contributed by atoms with Crippen LogP contribution in [0.4, 0.5) is 10.1 Å². The first-order valence-electron chi connectivity index (χ1n) is 4.57. The monoisotopic (exact) mass is 301 g/mol. The number of halogens is 2. The molecule has 0 bridgehead atoms. The van der Waals surface area contributed by atoms with E-state index in [1.165, 1.54) is 18.2 Å². The first-order valence-corrected chi connectivity index (χ1v) is 6.18. The predicted molar refractivity (Wildman–Crippen MR) is 67.2 cm³/mol. The minimum absolute atomic E-state index is 0.350. The van der Waals surface area contributed by atoms with E-state index in [-0.39, 0.29) is 5.82 Å². The number of nitrogens with two attached hydrogens (primary N) is 1.